The molecule has 0 aromatic heterocycles. The minimum atomic E-state index is 0.371. The average Bonchev–Trinajstić information content (AvgIpc) is 1.69. The predicted molar refractivity (Wildman–Crippen MR) is 35.6 cm³/mol. The number of hydrogen-bond donors (Lipinski definition) is 0. The van der Waals surface area contributed by atoms with E-state index in [1.54, 1.807) is 0 Å². The highest BCUT2D eigenvalue weighted by atomic mass is 24.5. The standard InChI is InChI=1S/C4H8.C2H5.Mg/c1-3-4-2;1-2;/h1-4H2;1H2,2H3;. The third kappa shape index (κ3) is 6.77. The van der Waals surface area contributed by atoms with E-state index < -0.39 is 0 Å². The van der Waals surface area contributed by atoms with Crippen LogP contribution in [0.4, 0.5) is 0 Å². The molecule has 0 unspecified atom stereocenters. The lowest BCUT2D eigenvalue weighted by molar-refractivity contribution is 0.945. The zero-order valence-corrected chi connectivity index (χ0v) is 6.66. The zero-order chi connectivity index (χ0) is 5.54. The molecular formula is C6H13Mg. The van der Waals surface area contributed by atoms with Gasteiger partial charge in [-0.3, -0.25) is 0 Å². The summed E-state index contributed by atoms with van der Waals surface area (Å²) in [4.78, 5) is 0. The van der Waals surface area contributed by atoms with Crippen LogP contribution in [0.2, 0.25) is 9.10 Å². The van der Waals surface area contributed by atoms with Crippen LogP contribution in [0.25, 0.3) is 0 Å². The molecule has 0 bridgehead atoms. The van der Waals surface area contributed by atoms with E-state index in [1.165, 1.54) is 15.5 Å². The molecule has 0 saturated heterocycles. The fourth-order valence-corrected chi connectivity index (χ4v) is 1.81. The quantitative estimate of drug-likeness (QED) is 0.383. The largest absolute Gasteiger partial charge is 0.363 e. The van der Waals surface area contributed by atoms with E-state index in [-0.39, 0.29) is 0 Å². The molecule has 0 aromatic carbocycles. The first kappa shape index (κ1) is 7.77. The summed E-state index contributed by atoms with van der Waals surface area (Å²) in [5.41, 5.74) is 0. The average molecular weight is 109 g/mol. The van der Waals surface area contributed by atoms with Crippen LogP contribution < -0.4 is 0 Å². The van der Waals surface area contributed by atoms with E-state index in [0.29, 0.717) is 20.4 Å². The van der Waals surface area contributed by atoms with Gasteiger partial charge in [0.1, 0.15) is 0 Å². The van der Waals surface area contributed by atoms with Gasteiger partial charge >= 0.3 is 20.4 Å². The van der Waals surface area contributed by atoms with Crippen molar-refractivity contribution in [1.82, 2.24) is 0 Å². The normalized spacial score (nSPS) is 8.29. The third-order valence-corrected chi connectivity index (χ3v) is 2.81. The summed E-state index contributed by atoms with van der Waals surface area (Å²) in [6, 6.07) is 0. The van der Waals surface area contributed by atoms with Crippen LogP contribution in [0, 0.1) is 6.92 Å². The molecule has 0 aliphatic rings. The molecule has 0 aliphatic carbocycles. The van der Waals surface area contributed by atoms with E-state index in [4.69, 9.17) is 0 Å². The Labute approximate surface area is 56.4 Å². The van der Waals surface area contributed by atoms with Gasteiger partial charge in [0.15, 0.2) is 0 Å². The smallest absolute Gasteiger partial charge is 0.149 e. The minimum absolute atomic E-state index is 0.371. The van der Waals surface area contributed by atoms with Gasteiger partial charge in [0, 0.05) is 0 Å². The first-order valence-electron chi connectivity index (χ1n) is 3.21. The molecule has 0 aliphatic heterocycles. The van der Waals surface area contributed by atoms with Crippen molar-refractivity contribution in [2.45, 2.75) is 28.9 Å². The number of unbranched alkanes of at least 4 members (excludes halogenated alkanes) is 1. The van der Waals surface area contributed by atoms with Crippen molar-refractivity contribution in [1.29, 1.82) is 0 Å². The Morgan fingerprint density at radius 1 is 1.57 bits per heavy atom. The van der Waals surface area contributed by atoms with E-state index in [2.05, 4.69) is 13.8 Å². The van der Waals surface area contributed by atoms with Gasteiger partial charge < -0.3 is 0 Å². The molecule has 0 heterocycles. The molecule has 7 heavy (non-hydrogen) atoms. The first-order valence-corrected chi connectivity index (χ1v) is 5.21. The van der Waals surface area contributed by atoms with Crippen molar-refractivity contribution in [3.63, 3.8) is 0 Å². The number of hydrogen-bond acceptors (Lipinski definition) is 0. The third-order valence-electron chi connectivity index (χ3n) is 1.10. The van der Waals surface area contributed by atoms with Crippen molar-refractivity contribution >= 4 is 20.4 Å². The van der Waals surface area contributed by atoms with E-state index in [0.717, 1.165) is 6.42 Å². The Morgan fingerprint density at radius 3 is 2.71 bits per heavy atom. The van der Waals surface area contributed by atoms with Gasteiger partial charge in [-0.2, -0.15) is 0 Å². The molecule has 0 atom stereocenters. The highest BCUT2D eigenvalue weighted by Gasteiger charge is 1.87. The lowest BCUT2D eigenvalue weighted by Crippen LogP contribution is -1.83. The lowest BCUT2D eigenvalue weighted by Gasteiger charge is -1.87. The molecular weight excluding hydrogens is 96.4 g/mol. The Balaban J connectivity index is 2.45. The summed E-state index contributed by atoms with van der Waals surface area (Å²) >= 11 is 0.371. The van der Waals surface area contributed by atoms with Gasteiger partial charge in [0.25, 0.3) is 0 Å². The zero-order valence-electron chi connectivity index (χ0n) is 5.24. The summed E-state index contributed by atoms with van der Waals surface area (Å²) in [6.45, 7) is 6.07. The van der Waals surface area contributed by atoms with Crippen LogP contribution in [-0.4, -0.2) is 20.4 Å². The van der Waals surface area contributed by atoms with Crippen LogP contribution in [0.1, 0.15) is 19.8 Å². The summed E-state index contributed by atoms with van der Waals surface area (Å²) in [6.07, 6.45) is 2.52. The molecule has 1 heteroatoms. The predicted octanol–water partition coefficient (Wildman–Crippen LogP) is 2.16. The monoisotopic (exact) mass is 109 g/mol. The maximum atomic E-state index is 3.78. The van der Waals surface area contributed by atoms with Crippen LogP contribution in [0.3, 0.4) is 0 Å². The second-order valence-corrected chi connectivity index (χ2v) is 4.33. The molecule has 0 rings (SSSR count). The first-order chi connectivity index (χ1) is 3.41. The minimum Gasteiger partial charge on any atom is -0.149 e. The van der Waals surface area contributed by atoms with Gasteiger partial charge in [-0.05, 0) is 0 Å². The fourth-order valence-electron chi connectivity index (χ4n) is 0.604. The Bertz CT molecular complexity index is 23.4. The van der Waals surface area contributed by atoms with Crippen LogP contribution in [-0.2, 0) is 0 Å². The van der Waals surface area contributed by atoms with Gasteiger partial charge in [0.2, 0.25) is 0 Å². The van der Waals surface area contributed by atoms with Crippen LogP contribution in [0.5, 0.6) is 0 Å². The van der Waals surface area contributed by atoms with E-state index in [9.17, 15) is 0 Å². The molecule has 1 radical (unpaired) electrons. The highest BCUT2D eigenvalue weighted by molar-refractivity contribution is 6.35. The molecule has 0 saturated carbocycles. The topological polar surface area (TPSA) is 0 Å². The van der Waals surface area contributed by atoms with E-state index in [1.807, 2.05) is 0 Å². The SMILES string of the molecule is [CH2]CC[CH2][Mg][CH2]C. The van der Waals surface area contributed by atoms with Crippen LogP contribution in [0.15, 0.2) is 0 Å². The van der Waals surface area contributed by atoms with Gasteiger partial charge in [-0.15, -0.1) is 9.10 Å². The number of rotatable bonds is 4. The Kier molecular flexibility index (Phi) is 7.51. The molecule has 39 valence electrons. The summed E-state index contributed by atoms with van der Waals surface area (Å²) in [5.74, 6) is 0. The van der Waals surface area contributed by atoms with Crippen molar-refractivity contribution < 1.29 is 0 Å². The second-order valence-electron chi connectivity index (χ2n) is 1.91. The molecule has 0 amide bonds. The molecule has 0 N–H and O–H groups in total. The summed E-state index contributed by atoms with van der Waals surface area (Å²) in [7, 11) is 0. The molecule has 0 fully saturated rings. The summed E-state index contributed by atoms with van der Waals surface area (Å²) in [5, 5.41) is 0. The maximum absolute atomic E-state index is 3.78. The van der Waals surface area contributed by atoms with Crippen molar-refractivity contribution in [2.24, 2.45) is 0 Å². The van der Waals surface area contributed by atoms with Gasteiger partial charge in [-0.25, -0.2) is 0 Å². The van der Waals surface area contributed by atoms with E-state index >= 15 is 0 Å². The molecule has 0 spiro atoms. The van der Waals surface area contributed by atoms with Crippen molar-refractivity contribution in [3.8, 4) is 0 Å². The molecule has 0 nitrogen and oxygen atoms in total. The van der Waals surface area contributed by atoms with Crippen LogP contribution >= 0.6 is 0 Å². The molecule has 0 aromatic rings. The maximum Gasteiger partial charge on any atom is 0.363 e. The van der Waals surface area contributed by atoms with Crippen molar-refractivity contribution in [2.75, 3.05) is 0 Å². The van der Waals surface area contributed by atoms with Crippen molar-refractivity contribution in [3.05, 3.63) is 6.92 Å². The van der Waals surface area contributed by atoms with Gasteiger partial charge in [0.05, 0.1) is 0 Å². The summed E-state index contributed by atoms with van der Waals surface area (Å²) < 4.78 is 2.99. The van der Waals surface area contributed by atoms with Gasteiger partial charge in [-0.1, -0.05) is 26.7 Å². The lowest BCUT2D eigenvalue weighted by atomic mass is 10.4. The Morgan fingerprint density at radius 2 is 2.29 bits per heavy atom. The fraction of sp³-hybridized carbons (Fsp3) is 0.833. The second kappa shape index (κ2) is 6.77. The Hall–Kier alpha value is 0.766. The highest BCUT2D eigenvalue weighted by Crippen LogP contribution is 1.93.